The fourth-order valence-corrected chi connectivity index (χ4v) is 3.10. The summed E-state index contributed by atoms with van der Waals surface area (Å²) in [5.41, 5.74) is 2.12. The fourth-order valence-electron chi connectivity index (χ4n) is 2.63. The van der Waals surface area contributed by atoms with Crippen LogP contribution in [0.4, 0.5) is 5.69 Å². The molecular weight excluding hydrogens is 345 g/mol. The van der Waals surface area contributed by atoms with Gasteiger partial charge in [-0.25, -0.2) is 0 Å². The predicted octanol–water partition coefficient (Wildman–Crippen LogP) is 5.02. The third kappa shape index (κ3) is 3.69. The molecule has 3 rings (SSSR count). The molecule has 0 spiro atoms. The molecule has 122 valence electrons. The average Bonchev–Trinajstić information content (AvgIpc) is 3.00. The number of allylic oxidation sites excluding steroid dienone is 1. The Morgan fingerprint density at radius 1 is 1.08 bits per heavy atom. The predicted molar refractivity (Wildman–Crippen MR) is 97.9 cm³/mol. The fraction of sp³-hybridized carbons (Fsp3) is 0.158. The Morgan fingerprint density at radius 3 is 2.46 bits per heavy atom. The molecule has 1 fully saturated rings. The zero-order valence-electron chi connectivity index (χ0n) is 12.8. The van der Waals surface area contributed by atoms with Gasteiger partial charge in [-0.15, -0.1) is 0 Å². The standard InChI is InChI=1S/C19H15Cl2NO2/c20-15-7-3-13(17(21)12-15)6-10-18(23)14-4-8-16(9-5-14)22-11-1-2-19(22)24/h3-10,12H,1-2,11H2/b10-6+. The maximum absolute atomic E-state index is 12.3. The number of nitrogens with zero attached hydrogens (tertiary/aromatic N) is 1. The SMILES string of the molecule is O=C(/C=C/c1ccc(Cl)cc1Cl)c1ccc(N2CCCC2=O)cc1. The Kier molecular flexibility index (Phi) is 5.03. The molecule has 1 aliphatic heterocycles. The zero-order chi connectivity index (χ0) is 17.1. The van der Waals surface area contributed by atoms with Crippen LogP contribution in [0.5, 0.6) is 0 Å². The number of carbonyl (C=O) groups is 2. The number of ketones is 1. The van der Waals surface area contributed by atoms with Crippen molar-refractivity contribution in [2.45, 2.75) is 12.8 Å². The van der Waals surface area contributed by atoms with E-state index < -0.39 is 0 Å². The lowest BCUT2D eigenvalue weighted by Crippen LogP contribution is -2.23. The van der Waals surface area contributed by atoms with E-state index in [1.165, 1.54) is 6.08 Å². The molecule has 0 radical (unpaired) electrons. The molecule has 0 aromatic heterocycles. The summed E-state index contributed by atoms with van der Waals surface area (Å²) in [6.45, 7) is 0.737. The summed E-state index contributed by atoms with van der Waals surface area (Å²) in [7, 11) is 0. The molecule has 0 unspecified atom stereocenters. The Balaban J connectivity index is 1.73. The molecule has 0 N–H and O–H groups in total. The molecule has 5 heteroatoms. The molecule has 3 nitrogen and oxygen atoms in total. The summed E-state index contributed by atoms with van der Waals surface area (Å²) >= 11 is 11.9. The summed E-state index contributed by atoms with van der Waals surface area (Å²) < 4.78 is 0. The van der Waals surface area contributed by atoms with E-state index in [-0.39, 0.29) is 11.7 Å². The van der Waals surface area contributed by atoms with Gasteiger partial charge in [0.25, 0.3) is 0 Å². The third-order valence-corrected chi connectivity index (χ3v) is 4.48. The third-order valence-electron chi connectivity index (χ3n) is 3.91. The van der Waals surface area contributed by atoms with Crippen molar-refractivity contribution in [1.29, 1.82) is 0 Å². The topological polar surface area (TPSA) is 37.4 Å². The summed E-state index contributed by atoms with van der Waals surface area (Å²) in [6, 6.07) is 12.2. The quantitative estimate of drug-likeness (QED) is 0.567. The Bertz CT molecular complexity index is 813. The van der Waals surface area contributed by atoms with Crippen LogP contribution in [-0.4, -0.2) is 18.2 Å². The van der Waals surface area contributed by atoms with Crippen molar-refractivity contribution >= 4 is 46.7 Å². The van der Waals surface area contributed by atoms with Crippen LogP contribution < -0.4 is 4.90 Å². The van der Waals surface area contributed by atoms with E-state index in [4.69, 9.17) is 23.2 Å². The molecule has 1 amide bonds. The first-order valence-electron chi connectivity index (χ1n) is 7.62. The molecule has 0 bridgehead atoms. The van der Waals surface area contributed by atoms with E-state index >= 15 is 0 Å². The molecular formula is C19H15Cl2NO2. The van der Waals surface area contributed by atoms with Crippen molar-refractivity contribution in [1.82, 2.24) is 0 Å². The summed E-state index contributed by atoms with van der Waals surface area (Å²) in [5.74, 6) is 0.00617. The molecule has 24 heavy (non-hydrogen) atoms. The maximum Gasteiger partial charge on any atom is 0.227 e. The lowest BCUT2D eigenvalue weighted by atomic mass is 10.1. The van der Waals surface area contributed by atoms with Crippen LogP contribution in [0.1, 0.15) is 28.8 Å². The molecule has 2 aromatic rings. The highest BCUT2D eigenvalue weighted by atomic mass is 35.5. The smallest absolute Gasteiger partial charge is 0.227 e. The van der Waals surface area contributed by atoms with E-state index in [0.717, 1.165) is 24.2 Å². The lowest BCUT2D eigenvalue weighted by molar-refractivity contribution is -0.117. The average molecular weight is 360 g/mol. The first kappa shape index (κ1) is 16.7. The second-order valence-corrected chi connectivity index (χ2v) is 6.40. The Labute approximate surface area is 150 Å². The molecule has 0 atom stereocenters. The van der Waals surface area contributed by atoms with Crippen molar-refractivity contribution in [2.75, 3.05) is 11.4 Å². The molecule has 2 aromatic carbocycles. The minimum atomic E-state index is -0.125. The van der Waals surface area contributed by atoms with Gasteiger partial charge in [-0.2, -0.15) is 0 Å². The second-order valence-electron chi connectivity index (χ2n) is 5.56. The van der Waals surface area contributed by atoms with Crippen molar-refractivity contribution < 1.29 is 9.59 Å². The summed E-state index contributed by atoms with van der Waals surface area (Å²) in [4.78, 5) is 25.7. The highest BCUT2D eigenvalue weighted by molar-refractivity contribution is 6.35. The first-order chi connectivity index (χ1) is 11.5. The van der Waals surface area contributed by atoms with Gasteiger partial charge in [-0.3, -0.25) is 9.59 Å². The molecule has 1 aliphatic rings. The number of anilines is 1. The number of amides is 1. The zero-order valence-corrected chi connectivity index (χ0v) is 14.3. The van der Waals surface area contributed by atoms with Crippen LogP contribution in [-0.2, 0) is 4.79 Å². The van der Waals surface area contributed by atoms with Crippen molar-refractivity contribution in [3.8, 4) is 0 Å². The van der Waals surface area contributed by atoms with E-state index in [0.29, 0.717) is 22.0 Å². The Hall–Kier alpha value is -2.10. The summed E-state index contributed by atoms with van der Waals surface area (Å²) in [5, 5.41) is 1.05. The van der Waals surface area contributed by atoms with Crippen LogP contribution in [0, 0.1) is 0 Å². The first-order valence-corrected chi connectivity index (χ1v) is 8.38. The van der Waals surface area contributed by atoms with Crippen LogP contribution in [0.3, 0.4) is 0 Å². The number of hydrogen-bond acceptors (Lipinski definition) is 2. The van der Waals surface area contributed by atoms with Crippen LogP contribution >= 0.6 is 23.2 Å². The van der Waals surface area contributed by atoms with Crippen LogP contribution in [0.25, 0.3) is 6.08 Å². The Morgan fingerprint density at radius 2 is 1.83 bits per heavy atom. The van der Waals surface area contributed by atoms with Crippen molar-refractivity contribution in [3.05, 3.63) is 69.7 Å². The van der Waals surface area contributed by atoms with Gasteiger partial charge < -0.3 is 4.90 Å². The summed E-state index contributed by atoms with van der Waals surface area (Å²) in [6.07, 6.45) is 4.61. The molecule has 1 heterocycles. The van der Waals surface area contributed by atoms with E-state index in [1.54, 1.807) is 53.4 Å². The van der Waals surface area contributed by atoms with Gasteiger partial charge in [0.05, 0.1) is 0 Å². The minimum Gasteiger partial charge on any atom is -0.312 e. The number of halogens is 2. The number of carbonyl (C=O) groups excluding carboxylic acids is 2. The van der Waals surface area contributed by atoms with Gasteiger partial charge in [0.15, 0.2) is 5.78 Å². The van der Waals surface area contributed by atoms with Gasteiger partial charge in [0.2, 0.25) is 5.91 Å². The van der Waals surface area contributed by atoms with Gasteiger partial charge in [0, 0.05) is 34.3 Å². The van der Waals surface area contributed by atoms with Crippen LogP contribution in [0.15, 0.2) is 48.5 Å². The molecule has 1 saturated heterocycles. The van der Waals surface area contributed by atoms with Gasteiger partial charge in [0.1, 0.15) is 0 Å². The van der Waals surface area contributed by atoms with Crippen molar-refractivity contribution in [3.63, 3.8) is 0 Å². The normalized spacial score (nSPS) is 14.6. The number of rotatable bonds is 4. The van der Waals surface area contributed by atoms with Gasteiger partial charge in [-0.05, 0) is 60.5 Å². The molecule has 0 aliphatic carbocycles. The monoisotopic (exact) mass is 359 g/mol. The van der Waals surface area contributed by atoms with E-state index in [2.05, 4.69) is 0 Å². The second kappa shape index (κ2) is 7.20. The highest BCUT2D eigenvalue weighted by Gasteiger charge is 2.21. The van der Waals surface area contributed by atoms with E-state index in [9.17, 15) is 9.59 Å². The largest absolute Gasteiger partial charge is 0.312 e. The highest BCUT2D eigenvalue weighted by Crippen LogP contribution is 2.23. The molecule has 0 saturated carbocycles. The minimum absolute atomic E-state index is 0.125. The van der Waals surface area contributed by atoms with Gasteiger partial charge >= 0.3 is 0 Å². The van der Waals surface area contributed by atoms with Crippen molar-refractivity contribution in [2.24, 2.45) is 0 Å². The lowest BCUT2D eigenvalue weighted by Gasteiger charge is -2.15. The number of benzene rings is 2. The number of hydrogen-bond donors (Lipinski definition) is 0. The van der Waals surface area contributed by atoms with Gasteiger partial charge in [-0.1, -0.05) is 29.3 Å². The maximum atomic E-state index is 12.3. The van der Waals surface area contributed by atoms with Crippen LogP contribution in [0.2, 0.25) is 10.0 Å². The van der Waals surface area contributed by atoms with E-state index in [1.807, 2.05) is 0 Å².